The van der Waals surface area contributed by atoms with Crippen molar-refractivity contribution in [1.29, 1.82) is 0 Å². The maximum Gasteiger partial charge on any atom is 0.328 e. The monoisotopic (exact) mass is 1080 g/mol. The second-order valence-electron chi connectivity index (χ2n) is 17.1. The lowest BCUT2D eigenvalue weighted by Crippen LogP contribution is -2.63. The number of carboxylic acids is 2. The van der Waals surface area contributed by atoms with Crippen molar-refractivity contribution in [1.82, 2.24) is 47.9 Å². The van der Waals surface area contributed by atoms with E-state index in [9.17, 15) is 93.0 Å². The Morgan fingerprint density at radius 2 is 0.811 bits per heavy atom. The van der Waals surface area contributed by atoms with E-state index in [0.29, 0.717) is 0 Å². The smallest absolute Gasteiger partial charge is 0.328 e. The molecule has 11 amide bonds. The predicted octanol–water partition coefficient (Wildman–Crippen LogP) is -8.85. The summed E-state index contributed by atoms with van der Waals surface area (Å²) in [6.07, 6.45) is -3.92. The first kappa shape index (κ1) is 67.3. The molecule has 31 nitrogen and oxygen atoms in total. The van der Waals surface area contributed by atoms with Gasteiger partial charge in [-0.25, -0.2) is 4.79 Å². The summed E-state index contributed by atoms with van der Waals surface area (Å²) in [5.41, 5.74) is 16.1. The Labute approximate surface area is 430 Å². The molecule has 0 bridgehead atoms. The fraction of sp³-hybridized carbons (Fsp3) is 0.690. The van der Waals surface area contributed by atoms with Gasteiger partial charge in [0.05, 0.1) is 38.4 Å². The van der Waals surface area contributed by atoms with Crippen molar-refractivity contribution in [2.24, 2.45) is 29.0 Å². The van der Waals surface area contributed by atoms with Gasteiger partial charge < -0.3 is 95.7 Å². The third-order valence-corrected chi connectivity index (χ3v) is 11.6. The molecule has 0 radical (unpaired) electrons. The summed E-state index contributed by atoms with van der Waals surface area (Å²) in [5, 5.41) is 78.3. The third-order valence-electron chi connectivity index (χ3n) is 11.3. The number of carbonyl (C=O) groups is 13. The van der Waals surface area contributed by atoms with Crippen LogP contribution in [-0.4, -0.2) is 200 Å². The van der Waals surface area contributed by atoms with Gasteiger partial charge >= 0.3 is 11.9 Å². The molecule has 0 aromatic heterocycles. The quantitative estimate of drug-likeness (QED) is 0.0259. The number of carbonyl (C=O) groups excluding carboxylic acids is 11. The molecule has 0 rings (SSSR count). The van der Waals surface area contributed by atoms with Crippen LogP contribution < -0.4 is 65.1 Å². The molecule has 0 aliphatic rings. The van der Waals surface area contributed by atoms with Crippen molar-refractivity contribution < 1.29 is 93.0 Å². The van der Waals surface area contributed by atoms with Crippen LogP contribution in [0.2, 0.25) is 0 Å². The molecule has 0 aromatic carbocycles. The predicted molar refractivity (Wildman–Crippen MR) is 258 cm³/mol. The fourth-order valence-electron chi connectivity index (χ4n) is 6.33. The lowest BCUT2D eigenvalue weighted by Gasteiger charge is -2.29. The molecule has 0 heterocycles. The number of thiol groups is 1. The van der Waals surface area contributed by atoms with Gasteiger partial charge in [-0.15, -0.1) is 0 Å². The SMILES string of the molecule is CC[C@H](C)[C@H](NC(=O)[C@H](CO)NC(=O)[C@H](CS)NC(=O)[C@H](CO)NC(=O)[C@@H](N)CCC(N)=O)C(=O)N[C@@H](CO)C(=O)N[C@@H](CC(N)=O)C(=O)N[C@H](C(=O)N[C@@H](CCC(=O)O)C(=O)N[C@H](C(=O)O)[C@@H](C)O)[C@@H](C)CC. The van der Waals surface area contributed by atoms with Gasteiger partial charge in [0.25, 0.3) is 0 Å². The van der Waals surface area contributed by atoms with Gasteiger partial charge in [0, 0.05) is 18.6 Å². The second kappa shape index (κ2) is 33.9. The summed E-state index contributed by atoms with van der Waals surface area (Å²) in [4.78, 5) is 166. The molecule has 0 spiro atoms. The first-order valence-corrected chi connectivity index (χ1v) is 23.8. The minimum Gasteiger partial charge on any atom is -0.481 e. The molecule has 420 valence electrons. The van der Waals surface area contributed by atoms with Gasteiger partial charge in [-0.05, 0) is 31.6 Å². The summed E-state index contributed by atoms with van der Waals surface area (Å²) >= 11 is 4.02. The summed E-state index contributed by atoms with van der Waals surface area (Å²) in [6.45, 7) is 4.00. The summed E-state index contributed by atoms with van der Waals surface area (Å²) < 4.78 is 0. The Morgan fingerprint density at radius 3 is 1.19 bits per heavy atom. The number of amides is 11. The standard InChI is InChI=1S/C42H72N12O19S/c1-6-17(3)30(40(70)46-21(9-11-29(61)62)34(64)54-32(19(5)58)42(72)73)52-35(65)22(12-28(45)60)47-36(66)24(14-56)50-41(71)31(18(4)7-2)53-38(68)25(15-57)49-39(69)26(16-74)51-37(67)23(13-55)48-33(63)20(43)8-10-27(44)59/h17-26,30-32,55-58,74H,6-16,43H2,1-5H3,(H2,44,59)(H2,45,60)(H,46,70)(H,47,66)(H,48,63)(H,49,69)(H,50,71)(H,51,67)(H,52,65)(H,53,68)(H,54,64)(H,61,62)(H,72,73)/t17-,18-,19+,20-,21-,22-,23-,24-,25-,26-,30-,31-,32-/m0/s1. The number of nitrogens with one attached hydrogen (secondary N) is 9. The Hall–Kier alpha value is -6.74. The van der Waals surface area contributed by atoms with E-state index in [1.165, 1.54) is 13.8 Å². The van der Waals surface area contributed by atoms with Crippen molar-refractivity contribution in [2.45, 2.75) is 146 Å². The highest BCUT2D eigenvalue weighted by molar-refractivity contribution is 7.80. The summed E-state index contributed by atoms with van der Waals surface area (Å²) in [5.74, 6) is -17.2. The first-order chi connectivity index (χ1) is 34.5. The van der Waals surface area contributed by atoms with E-state index < -0.39 is 200 Å². The zero-order chi connectivity index (χ0) is 57.2. The van der Waals surface area contributed by atoms with Crippen LogP contribution in [0, 0.1) is 11.8 Å². The van der Waals surface area contributed by atoms with Crippen LogP contribution in [-0.2, 0) is 62.3 Å². The minimum absolute atomic E-state index is 0.167. The van der Waals surface area contributed by atoms with Gasteiger partial charge in [-0.1, -0.05) is 40.5 Å². The number of carboxylic acid groups (broad SMARTS) is 2. The van der Waals surface area contributed by atoms with E-state index in [2.05, 4.69) is 55.2 Å². The molecule has 0 aromatic rings. The largest absolute Gasteiger partial charge is 0.481 e. The van der Waals surface area contributed by atoms with Crippen LogP contribution in [0.5, 0.6) is 0 Å². The number of aliphatic hydroxyl groups is 4. The van der Waals surface area contributed by atoms with Gasteiger partial charge in [0.2, 0.25) is 65.0 Å². The van der Waals surface area contributed by atoms with Crippen molar-refractivity contribution in [3.05, 3.63) is 0 Å². The van der Waals surface area contributed by atoms with Gasteiger partial charge in [-0.2, -0.15) is 12.6 Å². The van der Waals surface area contributed by atoms with Gasteiger partial charge in [-0.3, -0.25) is 57.5 Å². The molecule has 0 aliphatic carbocycles. The number of aliphatic hydroxyl groups excluding tert-OH is 4. The molecular weight excluding hydrogens is 1010 g/mol. The van der Waals surface area contributed by atoms with Crippen LogP contribution in [0.25, 0.3) is 0 Å². The Balaban J connectivity index is 6.30. The number of primary amides is 2. The number of hydrogen-bond acceptors (Lipinski definition) is 19. The van der Waals surface area contributed by atoms with E-state index in [0.717, 1.165) is 6.92 Å². The Kier molecular flexibility index (Phi) is 30.8. The van der Waals surface area contributed by atoms with Crippen molar-refractivity contribution in [3.8, 4) is 0 Å². The molecule has 0 saturated carbocycles. The first-order valence-electron chi connectivity index (χ1n) is 23.2. The van der Waals surface area contributed by atoms with E-state index in [4.69, 9.17) is 17.2 Å². The summed E-state index contributed by atoms with van der Waals surface area (Å²) in [7, 11) is 0. The average Bonchev–Trinajstić information content (AvgIpc) is 3.34. The Bertz CT molecular complexity index is 2000. The van der Waals surface area contributed by atoms with Gasteiger partial charge in [0.1, 0.15) is 48.3 Å². The van der Waals surface area contributed by atoms with E-state index in [1.54, 1.807) is 13.8 Å². The zero-order valence-electron chi connectivity index (χ0n) is 41.5. The van der Waals surface area contributed by atoms with E-state index in [1.807, 2.05) is 5.32 Å². The number of rotatable bonds is 36. The highest BCUT2D eigenvalue weighted by Gasteiger charge is 2.38. The normalized spacial score (nSPS) is 16.3. The molecule has 21 N–H and O–H groups in total. The Morgan fingerprint density at radius 1 is 0.459 bits per heavy atom. The number of nitrogens with two attached hydrogens (primary N) is 3. The number of hydrogen-bond donors (Lipinski definition) is 19. The number of aliphatic carboxylic acids is 2. The molecule has 13 atom stereocenters. The molecule has 0 saturated heterocycles. The summed E-state index contributed by atoms with van der Waals surface area (Å²) in [6, 6.07) is -16.9. The molecule has 32 heteroatoms. The molecule has 74 heavy (non-hydrogen) atoms. The second-order valence-corrected chi connectivity index (χ2v) is 17.5. The maximum absolute atomic E-state index is 13.7. The van der Waals surface area contributed by atoms with E-state index in [-0.39, 0.29) is 25.7 Å². The highest BCUT2D eigenvalue weighted by atomic mass is 32.1. The molecule has 0 aliphatic heterocycles. The topological polar surface area (TPSA) is 530 Å². The fourth-order valence-corrected chi connectivity index (χ4v) is 6.58. The van der Waals surface area contributed by atoms with Crippen LogP contribution in [0.4, 0.5) is 0 Å². The van der Waals surface area contributed by atoms with E-state index >= 15 is 0 Å². The van der Waals surface area contributed by atoms with Crippen LogP contribution in [0.3, 0.4) is 0 Å². The van der Waals surface area contributed by atoms with Crippen LogP contribution >= 0.6 is 12.6 Å². The van der Waals surface area contributed by atoms with Crippen molar-refractivity contribution in [2.75, 3.05) is 25.6 Å². The lowest BCUT2D eigenvalue weighted by molar-refractivity contribution is -0.145. The lowest BCUT2D eigenvalue weighted by atomic mass is 9.96. The maximum atomic E-state index is 13.7. The molecule has 0 unspecified atom stereocenters. The average molecular weight is 1080 g/mol. The van der Waals surface area contributed by atoms with Crippen molar-refractivity contribution in [3.63, 3.8) is 0 Å². The van der Waals surface area contributed by atoms with Crippen molar-refractivity contribution >= 4 is 89.5 Å². The molecular formula is C42H72N12O19S. The third kappa shape index (κ3) is 23.4. The zero-order valence-corrected chi connectivity index (χ0v) is 42.3. The van der Waals surface area contributed by atoms with Gasteiger partial charge in [0.15, 0.2) is 6.04 Å². The highest BCUT2D eigenvalue weighted by Crippen LogP contribution is 2.13. The van der Waals surface area contributed by atoms with Crippen LogP contribution in [0.1, 0.15) is 79.6 Å². The minimum atomic E-state index is -1.92. The molecule has 0 fully saturated rings. The van der Waals surface area contributed by atoms with Crippen LogP contribution in [0.15, 0.2) is 0 Å².